The maximum Gasteiger partial charge on any atom is 0.473 e. The molecule has 0 heterocycles. The second-order valence-electron chi connectivity index (χ2n) is 1.52. The van der Waals surface area contributed by atoms with Crippen molar-refractivity contribution < 1.29 is 35.5 Å². The lowest BCUT2D eigenvalue weighted by Gasteiger charge is -2.13. The fraction of sp³-hybridized carbons (Fsp3) is 0.500. The van der Waals surface area contributed by atoms with Gasteiger partial charge in [0.25, 0.3) is 22.5 Å². The summed E-state index contributed by atoms with van der Waals surface area (Å²) in [7, 11) is 0. The van der Waals surface area contributed by atoms with Gasteiger partial charge in [0.1, 0.15) is 0 Å². The number of carbonyl (C=O) groups excluding carboxylic acids is 1. The van der Waals surface area contributed by atoms with Crippen molar-refractivity contribution in [3.05, 3.63) is 0 Å². The Kier molecular flexibility index (Phi) is 3.96. The van der Waals surface area contributed by atoms with Crippen molar-refractivity contribution in [3.63, 3.8) is 0 Å². The van der Waals surface area contributed by atoms with Crippen molar-refractivity contribution in [1.29, 1.82) is 0 Å². The van der Waals surface area contributed by atoms with Gasteiger partial charge < -0.3 is 0 Å². The first-order valence-corrected chi connectivity index (χ1v) is 4.44. The van der Waals surface area contributed by atoms with Crippen LogP contribution in [0, 0.1) is 0 Å². The van der Waals surface area contributed by atoms with Gasteiger partial charge in [-0.3, -0.25) is 13.9 Å². The van der Waals surface area contributed by atoms with Gasteiger partial charge >= 0.3 is 12.1 Å². The molecule has 0 aromatic rings. The van der Waals surface area contributed by atoms with E-state index in [4.69, 9.17) is 9.11 Å². The summed E-state index contributed by atoms with van der Waals surface area (Å²) in [4.78, 5) is 10.1. The summed E-state index contributed by atoms with van der Waals surface area (Å²) in [5.41, 5.74) is 0. The molecule has 0 saturated heterocycles. The molecule has 11 heteroatoms. The lowest BCUT2D eigenvalue weighted by Crippen LogP contribution is -2.42. The smallest absolute Gasteiger partial charge is 0.288 e. The Bertz CT molecular complexity index is 249. The topological polar surface area (TPSA) is 94.9 Å². The molecule has 0 aliphatic heterocycles. The molecule has 0 spiro atoms. The number of nitrogens with zero attached hydrogens (tertiary/aromatic N) is 1. The lowest BCUT2D eigenvalue weighted by molar-refractivity contribution is -0.176. The second kappa shape index (κ2) is 4.13. The lowest BCUT2D eigenvalue weighted by atomic mass is 10.6. The number of hydrogen-bond acceptors (Lipinski definition) is 3. The average Bonchev–Trinajstić information content (AvgIpc) is 1.82. The summed E-state index contributed by atoms with van der Waals surface area (Å²) in [5, 5.41) is 0. The first-order chi connectivity index (χ1) is 5.68. The first-order valence-electron chi connectivity index (χ1n) is 2.31. The molecule has 0 fully saturated rings. The fourth-order valence-corrected chi connectivity index (χ4v) is 1.23. The summed E-state index contributed by atoms with van der Waals surface area (Å²) >= 11 is -6.99. The average molecular weight is 241 g/mol. The zero-order valence-corrected chi connectivity index (χ0v) is 7.15. The minimum absolute atomic E-state index is 1.12. The molecule has 2 atom stereocenters. The van der Waals surface area contributed by atoms with Gasteiger partial charge in [0, 0.05) is 0 Å². The van der Waals surface area contributed by atoms with E-state index in [1.165, 1.54) is 0 Å². The van der Waals surface area contributed by atoms with Crippen molar-refractivity contribution >= 4 is 28.4 Å². The Morgan fingerprint density at radius 3 is 1.54 bits per heavy atom. The molecule has 0 aliphatic carbocycles. The molecule has 0 bridgehead atoms. The van der Waals surface area contributed by atoms with Crippen LogP contribution < -0.4 is 0 Å². The Labute approximate surface area is 74.5 Å². The third-order valence-electron chi connectivity index (χ3n) is 0.692. The molecule has 2 N–H and O–H groups in total. The Hall–Kier alpha value is -0.520. The highest BCUT2D eigenvalue weighted by atomic mass is 32.3. The van der Waals surface area contributed by atoms with Crippen molar-refractivity contribution in [3.8, 4) is 0 Å². The number of carbonyl (C=O) groups is 1. The predicted molar refractivity (Wildman–Crippen MR) is 34.4 cm³/mol. The van der Waals surface area contributed by atoms with Gasteiger partial charge in [0.2, 0.25) is 0 Å². The van der Waals surface area contributed by atoms with Crippen LogP contribution in [0.3, 0.4) is 0 Å². The zero-order valence-electron chi connectivity index (χ0n) is 5.52. The first kappa shape index (κ1) is 12.5. The van der Waals surface area contributed by atoms with E-state index < -0.39 is 38.3 Å². The van der Waals surface area contributed by atoms with Crippen LogP contribution in [0.5, 0.6) is 0 Å². The van der Waals surface area contributed by atoms with Gasteiger partial charge in [-0.1, -0.05) is 0 Å². The summed E-state index contributed by atoms with van der Waals surface area (Å²) in [5.74, 6) is -2.87. The van der Waals surface area contributed by atoms with E-state index >= 15 is 0 Å². The summed E-state index contributed by atoms with van der Waals surface area (Å²) in [6.07, 6.45) is -5.48. The second-order valence-corrected chi connectivity index (χ2v) is 3.41. The highest BCUT2D eigenvalue weighted by Gasteiger charge is 2.47. The Morgan fingerprint density at radius 2 is 1.46 bits per heavy atom. The molecule has 6 nitrogen and oxygen atoms in total. The highest BCUT2D eigenvalue weighted by molar-refractivity contribution is 7.93. The molecule has 0 aromatic carbocycles. The molecular weight excluding hydrogens is 239 g/mol. The Balaban J connectivity index is 4.89. The van der Waals surface area contributed by atoms with Gasteiger partial charge in [-0.2, -0.15) is 13.2 Å². The molecule has 1 amide bonds. The van der Waals surface area contributed by atoms with Crippen LogP contribution in [-0.4, -0.2) is 33.3 Å². The number of rotatable bonds is 2. The highest BCUT2D eigenvalue weighted by Crippen LogP contribution is 2.19. The number of hydrogen-bond donors (Lipinski definition) is 2. The predicted octanol–water partition coefficient (Wildman–Crippen LogP) is -0.349. The maximum atomic E-state index is 11.5. The van der Waals surface area contributed by atoms with E-state index in [-0.39, 0.29) is 0 Å². The molecule has 0 radical (unpaired) electrons. The van der Waals surface area contributed by atoms with Crippen molar-refractivity contribution in [2.75, 3.05) is 0 Å². The molecule has 78 valence electrons. The molecule has 0 aromatic heterocycles. The third-order valence-corrected chi connectivity index (χ3v) is 2.36. The summed E-state index contributed by atoms with van der Waals surface area (Å²) in [6.45, 7) is 0. The third kappa shape index (κ3) is 3.38. The van der Waals surface area contributed by atoms with Crippen LogP contribution in [0.2, 0.25) is 0 Å². The van der Waals surface area contributed by atoms with Gasteiger partial charge in [-0.05, 0) is 0 Å². The van der Waals surface area contributed by atoms with Gasteiger partial charge in [-0.15, -0.1) is 3.71 Å². The quantitative estimate of drug-likeness (QED) is 0.644. The van der Waals surface area contributed by atoms with Crippen molar-refractivity contribution in [1.82, 2.24) is 3.71 Å². The van der Waals surface area contributed by atoms with Crippen LogP contribution in [-0.2, 0) is 27.3 Å². The van der Waals surface area contributed by atoms with Crippen LogP contribution in [0.4, 0.5) is 13.2 Å². The van der Waals surface area contributed by atoms with Crippen LogP contribution >= 0.6 is 0 Å². The van der Waals surface area contributed by atoms with E-state index in [1.807, 2.05) is 0 Å². The van der Waals surface area contributed by atoms with Crippen LogP contribution in [0.25, 0.3) is 0 Å². The van der Waals surface area contributed by atoms with Gasteiger partial charge in [0.15, 0.2) is 0 Å². The largest absolute Gasteiger partial charge is 0.473 e. The SMILES string of the molecule is O=C(N(S(=O)O)S(=O)O)C(F)(F)F. The molecule has 0 aliphatic rings. The number of alkyl halides is 3. The minimum Gasteiger partial charge on any atom is -0.288 e. The van der Waals surface area contributed by atoms with Crippen LogP contribution in [0.1, 0.15) is 0 Å². The van der Waals surface area contributed by atoms with Crippen LogP contribution in [0.15, 0.2) is 0 Å². The normalized spacial score (nSPS) is 16.4. The molecule has 0 rings (SSSR count). The number of halogens is 3. The van der Waals surface area contributed by atoms with E-state index in [0.717, 1.165) is 0 Å². The van der Waals surface area contributed by atoms with Crippen molar-refractivity contribution in [2.24, 2.45) is 0 Å². The molecule has 0 saturated carbocycles. The maximum absolute atomic E-state index is 11.5. The monoisotopic (exact) mass is 241 g/mol. The standard InChI is InChI=1S/C2H2F3NO5S2/c3-2(4,5)1(7)6(12(8)9)13(10)11/h(H,8,9)(H,10,11). The van der Waals surface area contributed by atoms with E-state index in [1.54, 1.807) is 0 Å². The zero-order chi connectivity index (χ0) is 10.8. The molecule has 2 unspecified atom stereocenters. The van der Waals surface area contributed by atoms with Crippen molar-refractivity contribution in [2.45, 2.75) is 6.18 Å². The summed E-state index contributed by atoms with van der Waals surface area (Å²) in [6, 6.07) is 0. The minimum atomic E-state index is -5.48. The van der Waals surface area contributed by atoms with E-state index in [2.05, 4.69) is 0 Å². The summed E-state index contributed by atoms with van der Waals surface area (Å²) < 4.78 is 69.6. The molecular formula is C2H2F3NO5S2. The van der Waals surface area contributed by atoms with E-state index in [9.17, 15) is 26.4 Å². The Morgan fingerprint density at radius 1 is 1.15 bits per heavy atom. The van der Waals surface area contributed by atoms with Gasteiger partial charge in [0.05, 0.1) is 0 Å². The fourth-order valence-electron chi connectivity index (χ4n) is 0.300. The molecule has 13 heavy (non-hydrogen) atoms. The van der Waals surface area contributed by atoms with E-state index in [0.29, 0.717) is 0 Å². The van der Waals surface area contributed by atoms with Gasteiger partial charge in [-0.25, -0.2) is 8.42 Å². The number of amides is 1.